The molecule has 0 aliphatic rings. The Morgan fingerprint density at radius 3 is 2.77 bits per heavy atom. The van der Waals surface area contributed by atoms with Gasteiger partial charge in [0, 0.05) is 24.6 Å². The lowest BCUT2D eigenvalue weighted by atomic mass is 10.1. The Morgan fingerprint density at radius 2 is 1.94 bits per heavy atom. The van der Waals surface area contributed by atoms with Crippen molar-refractivity contribution in [3.05, 3.63) is 66.4 Å². The molecule has 0 spiro atoms. The molecule has 4 rings (SSSR count). The van der Waals surface area contributed by atoms with Gasteiger partial charge in [0.1, 0.15) is 0 Å². The summed E-state index contributed by atoms with van der Waals surface area (Å²) < 4.78 is 7.64. The largest absolute Gasteiger partial charge is 0.421 e. The number of nitrogens with zero attached hydrogens (tertiary/aromatic N) is 5. The van der Waals surface area contributed by atoms with E-state index in [1.165, 1.54) is 0 Å². The lowest BCUT2D eigenvalue weighted by molar-refractivity contribution is -0.122. The number of pyridine rings is 1. The first kappa shape index (κ1) is 21.0. The molecule has 0 radical (unpaired) electrons. The minimum absolute atomic E-state index is 0.0263. The van der Waals surface area contributed by atoms with Crippen LogP contribution in [0.15, 0.2) is 59.1 Å². The number of benzene rings is 1. The van der Waals surface area contributed by atoms with Gasteiger partial charge in [0.15, 0.2) is 11.5 Å². The zero-order valence-electron chi connectivity index (χ0n) is 17.3. The topological polar surface area (TPSA) is 98.2 Å². The lowest BCUT2D eigenvalue weighted by Gasteiger charge is -2.17. The molecule has 0 aliphatic carbocycles. The third-order valence-corrected chi connectivity index (χ3v) is 5.52. The van der Waals surface area contributed by atoms with Gasteiger partial charge in [-0.1, -0.05) is 24.3 Å². The number of fused-ring (bicyclic) bond motifs is 1. The summed E-state index contributed by atoms with van der Waals surface area (Å²) in [6.07, 6.45) is 6.30. The number of thioether (sulfide) groups is 1. The van der Waals surface area contributed by atoms with Crippen molar-refractivity contribution in [1.29, 1.82) is 0 Å². The monoisotopic (exact) mass is 436 g/mol. The highest BCUT2D eigenvalue weighted by molar-refractivity contribution is 7.98. The predicted molar refractivity (Wildman–Crippen MR) is 120 cm³/mol. The maximum absolute atomic E-state index is 12.6. The van der Waals surface area contributed by atoms with Crippen LogP contribution in [-0.4, -0.2) is 42.7 Å². The second kappa shape index (κ2) is 10.2. The molecule has 3 heterocycles. The van der Waals surface area contributed by atoms with Crippen LogP contribution in [0.2, 0.25) is 0 Å². The van der Waals surface area contributed by atoms with Gasteiger partial charge in [0.05, 0.1) is 6.04 Å². The standard InChI is InChI=1S/C22H24N6O2S/c1-31-15-13-17(21-26-24-18-10-5-6-14-28(18)21)23-19(29)11-7-12-20-25-27-22(30-20)16-8-3-2-4-9-16/h2-6,8-10,14,17H,7,11-13,15H2,1H3,(H,23,29). The number of carbonyl (C=O) groups excluding carboxylic acids is 1. The molecular weight excluding hydrogens is 412 g/mol. The number of rotatable bonds is 10. The highest BCUT2D eigenvalue weighted by Crippen LogP contribution is 2.20. The van der Waals surface area contributed by atoms with Crippen molar-refractivity contribution in [1.82, 2.24) is 30.1 Å². The van der Waals surface area contributed by atoms with Crippen molar-refractivity contribution in [2.45, 2.75) is 31.7 Å². The molecule has 160 valence electrons. The van der Waals surface area contributed by atoms with Crippen molar-refractivity contribution in [3.8, 4) is 11.5 Å². The van der Waals surface area contributed by atoms with E-state index >= 15 is 0 Å². The number of aromatic nitrogens is 5. The quantitative estimate of drug-likeness (QED) is 0.405. The molecular formula is C22H24N6O2S. The summed E-state index contributed by atoms with van der Waals surface area (Å²) >= 11 is 1.74. The van der Waals surface area contributed by atoms with Crippen LogP contribution < -0.4 is 5.32 Å². The second-order valence-electron chi connectivity index (χ2n) is 7.11. The maximum Gasteiger partial charge on any atom is 0.247 e. The van der Waals surface area contributed by atoms with E-state index in [4.69, 9.17) is 4.42 Å². The summed E-state index contributed by atoms with van der Waals surface area (Å²) in [5.41, 5.74) is 1.66. The minimum atomic E-state index is -0.189. The maximum atomic E-state index is 12.6. The average Bonchev–Trinajstić information content (AvgIpc) is 3.45. The molecule has 3 aromatic heterocycles. The molecule has 1 aromatic carbocycles. The highest BCUT2D eigenvalue weighted by atomic mass is 32.2. The summed E-state index contributed by atoms with van der Waals surface area (Å²) in [6, 6.07) is 15.2. The summed E-state index contributed by atoms with van der Waals surface area (Å²) in [5.74, 6) is 2.67. The zero-order valence-corrected chi connectivity index (χ0v) is 18.1. The highest BCUT2D eigenvalue weighted by Gasteiger charge is 2.20. The second-order valence-corrected chi connectivity index (χ2v) is 8.09. The Labute approximate surface area is 184 Å². The molecule has 0 fully saturated rings. The fourth-order valence-electron chi connectivity index (χ4n) is 3.32. The fraction of sp³-hybridized carbons (Fsp3) is 0.318. The van der Waals surface area contributed by atoms with Crippen LogP contribution in [0.5, 0.6) is 0 Å². The normalized spacial score (nSPS) is 12.2. The van der Waals surface area contributed by atoms with Crippen LogP contribution in [0.25, 0.3) is 17.1 Å². The van der Waals surface area contributed by atoms with Crippen molar-refractivity contribution in [3.63, 3.8) is 0 Å². The molecule has 1 N–H and O–H groups in total. The van der Waals surface area contributed by atoms with Crippen LogP contribution in [0.1, 0.15) is 37.0 Å². The number of nitrogens with one attached hydrogen (secondary N) is 1. The van der Waals surface area contributed by atoms with Gasteiger partial charge in [0.2, 0.25) is 17.7 Å². The third-order valence-electron chi connectivity index (χ3n) is 4.88. The lowest BCUT2D eigenvalue weighted by Crippen LogP contribution is -2.30. The molecule has 0 aliphatic heterocycles. The number of carbonyl (C=O) groups is 1. The van der Waals surface area contributed by atoms with Gasteiger partial charge >= 0.3 is 0 Å². The van der Waals surface area contributed by atoms with E-state index in [1.54, 1.807) is 11.8 Å². The molecule has 4 aromatic rings. The van der Waals surface area contributed by atoms with Crippen molar-refractivity contribution < 1.29 is 9.21 Å². The van der Waals surface area contributed by atoms with Gasteiger partial charge in [-0.25, -0.2) is 0 Å². The van der Waals surface area contributed by atoms with E-state index in [-0.39, 0.29) is 11.9 Å². The smallest absolute Gasteiger partial charge is 0.247 e. The van der Waals surface area contributed by atoms with Gasteiger partial charge < -0.3 is 9.73 Å². The van der Waals surface area contributed by atoms with Gasteiger partial charge in [-0.15, -0.1) is 20.4 Å². The van der Waals surface area contributed by atoms with Crippen LogP contribution in [0.4, 0.5) is 0 Å². The Balaban J connectivity index is 1.34. The Hall–Kier alpha value is -3.20. The van der Waals surface area contributed by atoms with Gasteiger partial charge in [-0.2, -0.15) is 11.8 Å². The van der Waals surface area contributed by atoms with E-state index in [0.717, 1.165) is 29.2 Å². The average molecular weight is 437 g/mol. The first-order chi connectivity index (χ1) is 15.2. The Morgan fingerprint density at radius 1 is 1.10 bits per heavy atom. The van der Waals surface area contributed by atoms with E-state index in [2.05, 4.69) is 32.0 Å². The predicted octanol–water partition coefficient (Wildman–Crippen LogP) is 3.71. The summed E-state index contributed by atoms with van der Waals surface area (Å²) in [6.45, 7) is 0. The molecule has 0 saturated carbocycles. The summed E-state index contributed by atoms with van der Waals surface area (Å²) in [4.78, 5) is 12.6. The van der Waals surface area contributed by atoms with Gasteiger partial charge in [-0.05, 0) is 49.1 Å². The molecule has 9 heteroatoms. The third kappa shape index (κ3) is 5.29. The number of hydrogen-bond acceptors (Lipinski definition) is 7. The van der Waals surface area contributed by atoms with Crippen LogP contribution in [-0.2, 0) is 11.2 Å². The van der Waals surface area contributed by atoms with Crippen molar-refractivity contribution in [2.75, 3.05) is 12.0 Å². The molecule has 1 amide bonds. The summed E-state index contributed by atoms with van der Waals surface area (Å²) in [5, 5.41) is 19.8. The van der Waals surface area contributed by atoms with Crippen LogP contribution in [0.3, 0.4) is 0 Å². The molecule has 31 heavy (non-hydrogen) atoms. The van der Waals surface area contributed by atoms with Crippen molar-refractivity contribution in [2.24, 2.45) is 0 Å². The van der Waals surface area contributed by atoms with Crippen LogP contribution in [0, 0.1) is 0 Å². The SMILES string of the molecule is CSCCC(NC(=O)CCCc1nnc(-c2ccccc2)o1)c1nnc2ccccn12. The first-order valence-electron chi connectivity index (χ1n) is 10.2. The Kier molecular flexibility index (Phi) is 6.93. The molecule has 1 unspecified atom stereocenters. The number of hydrogen-bond donors (Lipinski definition) is 1. The Bertz CT molecular complexity index is 1130. The number of aryl methyl sites for hydroxylation is 1. The molecule has 1 atom stereocenters. The number of amides is 1. The fourth-order valence-corrected chi connectivity index (χ4v) is 3.79. The van der Waals surface area contributed by atoms with Gasteiger partial charge in [0.25, 0.3) is 0 Å². The molecule has 8 nitrogen and oxygen atoms in total. The molecule has 0 saturated heterocycles. The molecule has 0 bridgehead atoms. The van der Waals surface area contributed by atoms with Gasteiger partial charge in [-0.3, -0.25) is 9.20 Å². The van der Waals surface area contributed by atoms with E-state index < -0.39 is 0 Å². The first-order valence-corrected chi connectivity index (χ1v) is 11.6. The minimum Gasteiger partial charge on any atom is -0.421 e. The summed E-state index contributed by atoms with van der Waals surface area (Å²) in [7, 11) is 0. The zero-order chi connectivity index (χ0) is 21.5. The van der Waals surface area contributed by atoms with E-state index in [9.17, 15) is 4.79 Å². The van der Waals surface area contributed by atoms with E-state index in [1.807, 2.05) is 59.1 Å². The van der Waals surface area contributed by atoms with E-state index in [0.29, 0.717) is 31.0 Å². The van der Waals surface area contributed by atoms with Crippen molar-refractivity contribution >= 4 is 23.3 Å². The van der Waals surface area contributed by atoms with Crippen LogP contribution >= 0.6 is 11.8 Å².